The summed E-state index contributed by atoms with van der Waals surface area (Å²) in [5.74, 6) is 1.85. The van der Waals surface area contributed by atoms with Gasteiger partial charge >= 0.3 is 0 Å². The Morgan fingerprint density at radius 3 is 2.56 bits per heavy atom. The molecule has 178 valence electrons. The lowest BCUT2D eigenvalue weighted by Gasteiger charge is -2.42. The highest BCUT2D eigenvalue weighted by molar-refractivity contribution is 14.0. The van der Waals surface area contributed by atoms with Crippen LogP contribution >= 0.6 is 35.6 Å². The summed E-state index contributed by atoms with van der Waals surface area (Å²) in [6, 6.07) is 10.2. The molecule has 3 rings (SSSR count). The van der Waals surface area contributed by atoms with Gasteiger partial charge in [-0.2, -0.15) is 0 Å². The minimum atomic E-state index is -0.177. The molecule has 0 bridgehead atoms. The number of morpholine rings is 1. The zero-order valence-corrected chi connectivity index (χ0v) is 22.6. The second-order valence-corrected chi connectivity index (χ2v) is 9.26. The molecule has 1 atom stereocenters. The Balaban J connectivity index is 0.00000363. The fourth-order valence-electron chi connectivity index (χ4n) is 3.73. The van der Waals surface area contributed by atoms with Crippen LogP contribution in [0, 0.1) is 0 Å². The zero-order chi connectivity index (χ0) is 22.4. The van der Waals surface area contributed by atoms with E-state index in [1.165, 1.54) is 5.56 Å². The van der Waals surface area contributed by atoms with Crippen LogP contribution in [0.1, 0.15) is 56.7 Å². The lowest BCUT2D eigenvalue weighted by atomic mass is 10.0. The van der Waals surface area contributed by atoms with Gasteiger partial charge in [-0.25, -0.2) is 0 Å². The second kappa shape index (κ2) is 12.2. The SMILES string of the molecule is CN=C(NCc1cc(C(C)C)no1)NCC(c1ccc(Cl)cc1)N1CCOC(C)(C)C1.I. The highest BCUT2D eigenvalue weighted by Crippen LogP contribution is 2.27. The Hall–Kier alpha value is -1.36. The Morgan fingerprint density at radius 1 is 1.25 bits per heavy atom. The highest BCUT2D eigenvalue weighted by atomic mass is 127. The van der Waals surface area contributed by atoms with E-state index < -0.39 is 0 Å². The van der Waals surface area contributed by atoms with Gasteiger partial charge in [0.15, 0.2) is 11.7 Å². The molecule has 32 heavy (non-hydrogen) atoms. The molecule has 0 spiro atoms. The summed E-state index contributed by atoms with van der Waals surface area (Å²) in [5, 5.41) is 11.6. The maximum absolute atomic E-state index is 6.13. The van der Waals surface area contributed by atoms with E-state index in [1.807, 2.05) is 18.2 Å². The topological polar surface area (TPSA) is 74.9 Å². The van der Waals surface area contributed by atoms with Crippen LogP contribution in [0.4, 0.5) is 0 Å². The third-order valence-corrected chi connectivity index (χ3v) is 5.69. The Morgan fingerprint density at radius 2 is 1.97 bits per heavy atom. The van der Waals surface area contributed by atoms with E-state index in [-0.39, 0.29) is 35.6 Å². The van der Waals surface area contributed by atoms with E-state index in [0.717, 1.165) is 29.6 Å². The lowest BCUT2D eigenvalue weighted by Crippen LogP contribution is -2.52. The molecule has 9 heteroatoms. The summed E-state index contributed by atoms with van der Waals surface area (Å²) in [5.41, 5.74) is 1.99. The molecule has 1 aliphatic heterocycles. The van der Waals surface area contributed by atoms with Gasteiger partial charge in [0.25, 0.3) is 0 Å². The number of hydrogen-bond acceptors (Lipinski definition) is 5. The van der Waals surface area contributed by atoms with Crippen LogP contribution in [0.25, 0.3) is 0 Å². The molecule has 0 aliphatic carbocycles. The van der Waals surface area contributed by atoms with E-state index in [1.54, 1.807) is 7.05 Å². The molecule has 0 amide bonds. The van der Waals surface area contributed by atoms with Gasteiger partial charge in [0.1, 0.15) is 0 Å². The van der Waals surface area contributed by atoms with Crippen LogP contribution in [0.3, 0.4) is 0 Å². The first-order chi connectivity index (χ1) is 14.8. The molecule has 0 saturated carbocycles. The maximum atomic E-state index is 6.13. The molecule has 1 aromatic carbocycles. The first-order valence-corrected chi connectivity index (χ1v) is 11.2. The summed E-state index contributed by atoms with van der Waals surface area (Å²) in [6.07, 6.45) is 0. The summed E-state index contributed by atoms with van der Waals surface area (Å²) in [4.78, 5) is 6.82. The molecule has 1 unspecified atom stereocenters. The van der Waals surface area contributed by atoms with Crippen molar-refractivity contribution >= 4 is 41.5 Å². The number of hydrogen-bond donors (Lipinski definition) is 2. The molecular formula is C23H35ClIN5O2. The largest absolute Gasteiger partial charge is 0.373 e. The molecule has 0 radical (unpaired) electrons. The van der Waals surface area contributed by atoms with Crippen molar-refractivity contribution in [2.75, 3.05) is 33.3 Å². The molecule has 2 N–H and O–H groups in total. The van der Waals surface area contributed by atoms with E-state index in [0.29, 0.717) is 31.6 Å². The predicted octanol–water partition coefficient (Wildman–Crippen LogP) is 4.59. The van der Waals surface area contributed by atoms with Crippen molar-refractivity contribution in [3.05, 3.63) is 52.4 Å². The predicted molar refractivity (Wildman–Crippen MR) is 140 cm³/mol. The van der Waals surface area contributed by atoms with Crippen molar-refractivity contribution in [3.8, 4) is 0 Å². The first-order valence-electron chi connectivity index (χ1n) is 10.8. The quantitative estimate of drug-likeness (QED) is 0.286. The maximum Gasteiger partial charge on any atom is 0.191 e. The summed E-state index contributed by atoms with van der Waals surface area (Å²) >= 11 is 6.13. The molecule has 7 nitrogen and oxygen atoms in total. The van der Waals surface area contributed by atoms with Gasteiger partial charge in [0, 0.05) is 37.8 Å². The first kappa shape index (κ1) is 26.9. The number of ether oxygens (including phenoxy) is 1. The molecule has 1 aliphatic rings. The van der Waals surface area contributed by atoms with Gasteiger partial charge < -0.3 is 19.9 Å². The Bertz CT molecular complexity index is 870. The summed E-state index contributed by atoms with van der Waals surface area (Å²) in [6.45, 7) is 12.1. The number of aliphatic imine (C=N–C) groups is 1. The van der Waals surface area contributed by atoms with Crippen LogP contribution in [0.2, 0.25) is 5.02 Å². The van der Waals surface area contributed by atoms with E-state index >= 15 is 0 Å². The Kier molecular flexibility index (Phi) is 10.3. The number of nitrogens with zero attached hydrogens (tertiary/aromatic N) is 3. The second-order valence-electron chi connectivity index (χ2n) is 8.83. The molecule has 1 fully saturated rings. The lowest BCUT2D eigenvalue weighted by molar-refractivity contribution is -0.0971. The van der Waals surface area contributed by atoms with Gasteiger partial charge in [-0.3, -0.25) is 9.89 Å². The van der Waals surface area contributed by atoms with Crippen LogP contribution in [0.5, 0.6) is 0 Å². The van der Waals surface area contributed by atoms with Crippen molar-refractivity contribution in [3.63, 3.8) is 0 Å². The van der Waals surface area contributed by atoms with Gasteiger partial charge in [-0.15, -0.1) is 24.0 Å². The fraction of sp³-hybridized carbons (Fsp3) is 0.565. The average molecular weight is 576 g/mol. The van der Waals surface area contributed by atoms with Gasteiger partial charge in [0.2, 0.25) is 0 Å². The number of aromatic nitrogens is 1. The van der Waals surface area contributed by atoms with Gasteiger partial charge in [0.05, 0.1) is 30.5 Å². The molecular weight excluding hydrogens is 541 g/mol. The fourth-order valence-corrected chi connectivity index (χ4v) is 3.86. The number of nitrogens with one attached hydrogen (secondary N) is 2. The molecule has 2 aromatic rings. The zero-order valence-electron chi connectivity index (χ0n) is 19.5. The van der Waals surface area contributed by atoms with Crippen molar-refractivity contribution in [1.82, 2.24) is 20.7 Å². The normalized spacial score (nSPS) is 17.7. The van der Waals surface area contributed by atoms with Crippen molar-refractivity contribution < 1.29 is 9.26 Å². The smallest absolute Gasteiger partial charge is 0.191 e. The van der Waals surface area contributed by atoms with Crippen LogP contribution in [-0.2, 0) is 11.3 Å². The van der Waals surface area contributed by atoms with Crippen LogP contribution in [-0.4, -0.2) is 54.9 Å². The van der Waals surface area contributed by atoms with E-state index in [4.69, 9.17) is 20.9 Å². The highest BCUT2D eigenvalue weighted by Gasteiger charge is 2.32. The van der Waals surface area contributed by atoms with Crippen LogP contribution in [0.15, 0.2) is 39.8 Å². The average Bonchev–Trinajstić information content (AvgIpc) is 3.20. The van der Waals surface area contributed by atoms with Gasteiger partial charge in [-0.05, 0) is 37.5 Å². The van der Waals surface area contributed by atoms with Gasteiger partial charge in [-0.1, -0.05) is 42.7 Å². The standard InChI is InChI=1S/C23H34ClN5O2.HI/c1-16(2)20-12-19(31-28-20)13-26-22(25-5)27-14-21(17-6-8-18(24)9-7-17)29-10-11-30-23(3,4)15-29;/h6-9,12,16,21H,10-11,13-15H2,1-5H3,(H2,25,26,27);1H. The number of rotatable bonds is 7. The molecule has 1 saturated heterocycles. The molecule has 1 aromatic heterocycles. The summed E-state index contributed by atoms with van der Waals surface area (Å²) < 4.78 is 11.3. The van der Waals surface area contributed by atoms with E-state index in [9.17, 15) is 0 Å². The summed E-state index contributed by atoms with van der Waals surface area (Å²) in [7, 11) is 1.77. The third-order valence-electron chi connectivity index (χ3n) is 5.44. The monoisotopic (exact) mass is 575 g/mol. The van der Waals surface area contributed by atoms with Crippen molar-refractivity contribution in [2.45, 2.75) is 51.8 Å². The van der Waals surface area contributed by atoms with Crippen molar-refractivity contribution in [2.24, 2.45) is 4.99 Å². The van der Waals surface area contributed by atoms with Crippen LogP contribution < -0.4 is 10.6 Å². The van der Waals surface area contributed by atoms with Crippen molar-refractivity contribution in [1.29, 1.82) is 0 Å². The third kappa shape index (κ3) is 7.60. The minimum absolute atomic E-state index is 0. The number of guanidine groups is 1. The van der Waals surface area contributed by atoms with E-state index in [2.05, 4.69) is 65.5 Å². The number of benzene rings is 1. The molecule has 2 heterocycles. The minimum Gasteiger partial charge on any atom is -0.373 e. The number of halogens is 2. The Labute approximate surface area is 213 Å².